The Morgan fingerprint density at radius 3 is 2.67 bits per heavy atom. The van der Waals surface area contributed by atoms with Crippen LogP contribution in [0.3, 0.4) is 0 Å². The fourth-order valence-corrected chi connectivity index (χ4v) is 1.74. The molecule has 2 aromatic rings. The SMILES string of the molecule is C/C(=N\O)c1cccc(OCC(=O)Nc2ccccc2)c1. The Bertz CT molecular complexity index is 639. The lowest BCUT2D eigenvalue weighted by Crippen LogP contribution is -2.20. The van der Waals surface area contributed by atoms with E-state index in [-0.39, 0.29) is 12.5 Å². The van der Waals surface area contributed by atoms with Gasteiger partial charge in [-0.25, -0.2) is 0 Å². The molecule has 0 bridgehead atoms. The van der Waals surface area contributed by atoms with Crippen molar-refractivity contribution < 1.29 is 14.7 Å². The molecule has 0 saturated heterocycles. The Labute approximate surface area is 122 Å². The van der Waals surface area contributed by atoms with E-state index in [0.717, 1.165) is 11.3 Å². The van der Waals surface area contributed by atoms with Crippen molar-refractivity contribution in [2.45, 2.75) is 6.92 Å². The Hall–Kier alpha value is -2.82. The summed E-state index contributed by atoms with van der Waals surface area (Å²) in [5.41, 5.74) is 1.94. The second-order valence-electron chi connectivity index (χ2n) is 4.42. The maximum Gasteiger partial charge on any atom is 0.262 e. The number of carbonyl (C=O) groups excluding carboxylic acids is 1. The second kappa shape index (κ2) is 7.09. The molecule has 5 nitrogen and oxygen atoms in total. The molecule has 1 amide bonds. The molecule has 0 fully saturated rings. The summed E-state index contributed by atoms with van der Waals surface area (Å²) >= 11 is 0. The van der Waals surface area contributed by atoms with Crippen molar-refractivity contribution in [3.8, 4) is 5.75 Å². The minimum absolute atomic E-state index is 0.0896. The van der Waals surface area contributed by atoms with Crippen LogP contribution < -0.4 is 10.1 Å². The van der Waals surface area contributed by atoms with Gasteiger partial charge in [-0.1, -0.05) is 35.5 Å². The lowest BCUT2D eigenvalue weighted by Gasteiger charge is -2.08. The molecule has 5 heteroatoms. The van der Waals surface area contributed by atoms with E-state index in [1.165, 1.54) is 0 Å². The zero-order valence-corrected chi connectivity index (χ0v) is 11.6. The van der Waals surface area contributed by atoms with Gasteiger partial charge < -0.3 is 15.3 Å². The molecule has 2 aromatic carbocycles. The van der Waals surface area contributed by atoms with Crippen LogP contribution in [0.5, 0.6) is 5.75 Å². The van der Waals surface area contributed by atoms with Gasteiger partial charge in [-0.3, -0.25) is 4.79 Å². The van der Waals surface area contributed by atoms with E-state index in [0.29, 0.717) is 11.5 Å². The Balaban J connectivity index is 1.92. The molecule has 0 aromatic heterocycles. The minimum Gasteiger partial charge on any atom is -0.484 e. The average Bonchev–Trinajstić information content (AvgIpc) is 2.53. The van der Waals surface area contributed by atoms with E-state index in [4.69, 9.17) is 9.94 Å². The minimum atomic E-state index is -0.237. The zero-order chi connectivity index (χ0) is 15.1. The molecule has 0 atom stereocenters. The number of rotatable bonds is 5. The molecule has 0 radical (unpaired) electrons. The fraction of sp³-hybridized carbons (Fsp3) is 0.125. The van der Waals surface area contributed by atoms with E-state index >= 15 is 0 Å². The summed E-state index contributed by atoms with van der Waals surface area (Å²) in [4.78, 5) is 11.8. The van der Waals surface area contributed by atoms with Crippen LogP contribution in [0.15, 0.2) is 59.8 Å². The van der Waals surface area contributed by atoms with Crippen LogP contribution in [0.1, 0.15) is 12.5 Å². The van der Waals surface area contributed by atoms with Crippen molar-refractivity contribution in [1.82, 2.24) is 0 Å². The van der Waals surface area contributed by atoms with Gasteiger partial charge in [0.25, 0.3) is 5.91 Å². The number of anilines is 1. The van der Waals surface area contributed by atoms with Gasteiger partial charge in [0.05, 0.1) is 5.71 Å². The van der Waals surface area contributed by atoms with Crippen LogP contribution in [0.2, 0.25) is 0 Å². The zero-order valence-electron chi connectivity index (χ0n) is 11.6. The molecule has 2 rings (SSSR count). The number of benzene rings is 2. The first kappa shape index (κ1) is 14.6. The first-order valence-corrected chi connectivity index (χ1v) is 6.46. The van der Waals surface area contributed by atoms with Gasteiger partial charge in [0.2, 0.25) is 0 Å². The van der Waals surface area contributed by atoms with Gasteiger partial charge >= 0.3 is 0 Å². The summed E-state index contributed by atoms with van der Waals surface area (Å²) in [6, 6.07) is 16.2. The standard InChI is InChI=1S/C16H16N2O3/c1-12(18-20)13-6-5-9-15(10-13)21-11-16(19)17-14-7-3-2-4-8-14/h2-10,20H,11H2,1H3,(H,17,19)/b18-12+. The lowest BCUT2D eigenvalue weighted by molar-refractivity contribution is -0.118. The predicted octanol–water partition coefficient (Wildman–Crippen LogP) is 2.90. The molecule has 21 heavy (non-hydrogen) atoms. The monoisotopic (exact) mass is 284 g/mol. The number of hydrogen-bond donors (Lipinski definition) is 2. The van der Waals surface area contributed by atoms with Gasteiger partial charge in [0.1, 0.15) is 5.75 Å². The number of nitrogens with zero attached hydrogens (tertiary/aromatic N) is 1. The van der Waals surface area contributed by atoms with Gasteiger partial charge in [-0.05, 0) is 31.2 Å². The second-order valence-corrected chi connectivity index (χ2v) is 4.42. The quantitative estimate of drug-likeness (QED) is 0.504. The van der Waals surface area contributed by atoms with E-state index in [1.54, 1.807) is 43.3 Å². The predicted molar refractivity (Wildman–Crippen MR) is 81.0 cm³/mol. The number of ether oxygens (including phenoxy) is 1. The van der Waals surface area contributed by atoms with Gasteiger partial charge in [0.15, 0.2) is 6.61 Å². The summed E-state index contributed by atoms with van der Waals surface area (Å²) in [6.45, 7) is 1.59. The molecular formula is C16H16N2O3. The van der Waals surface area contributed by atoms with E-state index in [9.17, 15) is 4.79 Å². The van der Waals surface area contributed by atoms with Crippen molar-refractivity contribution >= 4 is 17.3 Å². The average molecular weight is 284 g/mol. The fourth-order valence-electron chi connectivity index (χ4n) is 1.74. The van der Waals surface area contributed by atoms with Crippen molar-refractivity contribution in [3.05, 3.63) is 60.2 Å². The molecule has 0 aliphatic heterocycles. The summed E-state index contributed by atoms with van der Waals surface area (Å²) in [5.74, 6) is 0.304. The summed E-state index contributed by atoms with van der Waals surface area (Å²) < 4.78 is 5.43. The normalized spacial score (nSPS) is 11.0. The highest BCUT2D eigenvalue weighted by molar-refractivity contribution is 5.98. The molecule has 108 valence electrons. The largest absolute Gasteiger partial charge is 0.484 e. The highest BCUT2D eigenvalue weighted by Gasteiger charge is 2.05. The number of oxime groups is 1. The summed E-state index contributed by atoms with van der Waals surface area (Å²) in [6.07, 6.45) is 0. The summed E-state index contributed by atoms with van der Waals surface area (Å²) in [7, 11) is 0. The maximum absolute atomic E-state index is 11.8. The van der Waals surface area contributed by atoms with Gasteiger partial charge in [0, 0.05) is 11.3 Å². The number of hydrogen-bond acceptors (Lipinski definition) is 4. The van der Waals surface area contributed by atoms with Crippen molar-refractivity contribution in [2.24, 2.45) is 5.16 Å². The number of carbonyl (C=O) groups is 1. The smallest absolute Gasteiger partial charge is 0.262 e. The molecule has 0 heterocycles. The van der Waals surface area contributed by atoms with Crippen molar-refractivity contribution in [3.63, 3.8) is 0 Å². The molecule has 0 unspecified atom stereocenters. The van der Waals surface area contributed by atoms with E-state index in [1.807, 2.05) is 18.2 Å². The van der Waals surface area contributed by atoms with Crippen molar-refractivity contribution in [2.75, 3.05) is 11.9 Å². The molecule has 2 N–H and O–H groups in total. The highest BCUT2D eigenvalue weighted by Crippen LogP contribution is 2.14. The molecule has 0 saturated carbocycles. The van der Waals surface area contributed by atoms with Crippen LogP contribution in [-0.4, -0.2) is 23.4 Å². The van der Waals surface area contributed by atoms with Crippen LogP contribution in [0.25, 0.3) is 0 Å². The highest BCUT2D eigenvalue weighted by atomic mass is 16.5. The Kier molecular flexibility index (Phi) is 4.93. The topological polar surface area (TPSA) is 70.9 Å². The van der Waals surface area contributed by atoms with Crippen molar-refractivity contribution in [1.29, 1.82) is 0 Å². The lowest BCUT2D eigenvalue weighted by atomic mass is 10.1. The third-order valence-corrected chi connectivity index (χ3v) is 2.83. The van der Waals surface area contributed by atoms with Crippen LogP contribution in [-0.2, 0) is 4.79 Å². The number of nitrogens with one attached hydrogen (secondary N) is 1. The maximum atomic E-state index is 11.8. The Morgan fingerprint density at radius 1 is 1.19 bits per heavy atom. The number of para-hydroxylation sites is 1. The van der Waals surface area contributed by atoms with Crippen LogP contribution >= 0.6 is 0 Å². The molecule has 0 spiro atoms. The summed E-state index contributed by atoms with van der Waals surface area (Å²) in [5, 5.41) is 14.6. The van der Waals surface area contributed by atoms with Gasteiger partial charge in [-0.15, -0.1) is 0 Å². The first-order chi connectivity index (χ1) is 10.2. The molecular weight excluding hydrogens is 268 g/mol. The van der Waals surface area contributed by atoms with E-state index < -0.39 is 0 Å². The van der Waals surface area contributed by atoms with Crippen LogP contribution in [0.4, 0.5) is 5.69 Å². The third-order valence-electron chi connectivity index (χ3n) is 2.83. The first-order valence-electron chi connectivity index (χ1n) is 6.46. The van der Waals surface area contributed by atoms with Gasteiger partial charge in [-0.2, -0.15) is 0 Å². The third kappa shape index (κ3) is 4.35. The van der Waals surface area contributed by atoms with Crippen LogP contribution in [0, 0.1) is 0 Å². The molecule has 0 aliphatic carbocycles. The van der Waals surface area contributed by atoms with E-state index in [2.05, 4.69) is 10.5 Å². The Morgan fingerprint density at radius 2 is 1.95 bits per heavy atom. The molecule has 0 aliphatic rings. The number of amides is 1.